The Morgan fingerprint density at radius 3 is 1.65 bits per heavy atom. The van der Waals surface area contributed by atoms with Gasteiger partial charge in [0.25, 0.3) is 0 Å². The summed E-state index contributed by atoms with van der Waals surface area (Å²) in [6.07, 6.45) is 11.0. The van der Waals surface area contributed by atoms with Gasteiger partial charge in [0.2, 0.25) is 0 Å². The van der Waals surface area contributed by atoms with Gasteiger partial charge in [0, 0.05) is 0 Å². The smallest absolute Gasteiger partial charge is 0.106 e. The van der Waals surface area contributed by atoms with Crippen molar-refractivity contribution in [1.82, 2.24) is 0 Å². The summed E-state index contributed by atoms with van der Waals surface area (Å²) >= 11 is 0. The molecule has 0 amide bonds. The van der Waals surface area contributed by atoms with Crippen molar-refractivity contribution in [2.24, 2.45) is 5.92 Å². The Morgan fingerprint density at radius 2 is 1.29 bits per heavy atom. The molecule has 0 aliphatic rings. The van der Waals surface area contributed by atoms with E-state index in [0.717, 1.165) is 51.4 Å². The zero-order chi connectivity index (χ0) is 13.1. The first-order chi connectivity index (χ1) is 8.14. The molecule has 0 N–H and O–H groups in total. The molecule has 0 aromatic heterocycles. The van der Waals surface area contributed by atoms with E-state index >= 15 is 0 Å². The first-order valence-electron chi connectivity index (χ1n) is 7.84. The molecular weight excluding hydrogens is 208 g/mol. The van der Waals surface area contributed by atoms with Crippen LogP contribution in [-0.4, -0.2) is 5.60 Å². The van der Waals surface area contributed by atoms with Gasteiger partial charge in [-0.1, -0.05) is 72.6 Å². The summed E-state index contributed by atoms with van der Waals surface area (Å²) in [6, 6.07) is 0. The van der Waals surface area contributed by atoms with Gasteiger partial charge in [-0.25, -0.2) is 5.11 Å². The van der Waals surface area contributed by atoms with Crippen molar-refractivity contribution in [3.63, 3.8) is 0 Å². The summed E-state index contributed by atoms with van der Waals surface area (Å²) in [6.45, 7) is 8.79. The van der Waals surface area contributed by atoms with Crippen molar-refractivity contribution in [3.05, 3.63) is 0 Å². The van der Waals surface area contributed by atoms with Crippen LogP contribution in [0, 0.1) is 5.92 Å². The molecule has 1 unspecified atom stereocenters. The third kappa shape index (κ3) is 6.45. The molecule has 0 fully saturated rings. The van der Waals surface area contributed by atoms with E-state index in [2.05, 4.69) is 27.7 Å². The molecule has 0 saturated heterocycles. The third-order valence-corrected chi connectivity index (χ3v) is 4.05. The molecule has 0 spiro atoms. The zero-order valence-electron chi connectivity index (χ0n) is 12.6. The molecule has 1 heteroatoms. The van der Waals surface area contributed by atoms with Crippen molar-refractivity contribution < 1.29 is 5.11 Å². The van der Waals surface area contributed by atoms with Crippen molar-refractivity contribution in [1.29, 1.82) is 0 Å². The van der Waals surface area contributed by atoms with E-state index in [-0.39, 0.29) is 0 Å². The van der Waals surface area contributed by atoms with E-state index in [1.807, 2.05) is 0 Å². The molecule has 0 aromatic rings. The molecule has 0 heterocycles. The topological polar surface area (TPSA) is 19.9 Å². The molecule has 0 aliphatic carbocycles. The van der Waals surface area contributed by atoms with Crippen LogP contribution in [0.5, 0.6) is 0 Å². The number of hydrogen-bond acceptors (Lipinski definition) is 0. The maximum Gasteiger partial charge on any atom is 0.106 e. The first-order valence-corrected chi connectivity index (χ1v) is 7.84. The lowest BCUT2D eigenvalue weighted by molar-refractivity contribution is -0.0975. The fourth-order valence-electron chi connectivity index (χ4n) is 2.77. The van der Waals surface area contributed by atoms with Crippen molar-refractivity contribution in [2.45, 2.75) is 97.5 Å². The van der Waals surface area contributed by atoms with Gasteiger partial charge >= 0.3 is 0 Å². The van der Waals surface area contributed by atoms with Crippen LogP contribution in [0.25, 0.3) is 0 Å². The number of hydrogen-bond donors (Lipinski definition) is 0. The van der Waals surface area contributed by atoms with Crippen LogP contribution in [0.1, 0.15) is 91.9 Å². The highest BCUT2D eigenvalue weighted by Gasteiger charge is 2.35. The van der Waals surface area contributed by atoms with Gasteiger partial charge in [0.15, 0.2) is 0 Å². The highest BCUT2D eigenvalue weighted by atomic mass is 16.3. The molecule has 103 valence electrons. The minimum atomic E-state index is -0.629. The molecule has 1 atom stereocenters. The second-order valence-corrected chi connectivity index (χ2v) is 5.52. The molecule has 0 aromatic carbocycles. The fraction of sp³-hybridized carbons (Fsp3) is 1.00. The fourth-order valence-corrected chi connectivity index (χ4v) is 2.77. The normalized spacial score (nSPS) is 13.9. The van der Waals surface area contributed by atoms with Gasteiger partial charge in [0.05, 0.1) is 0 Å². The Bertz CT molecular complexity index is 157. The average Bonchev–Trinajstić information content (AvgIpc) is 2.35. The Balaban J connectivity index is 4.46. The highest BCUT2D eigenvalue weighted by Crippen LogP contribution is 2.35. The van der Waals surface area contributed by atoms with Crippen LogP contribution in [0.2, 0.25) is 0 Å². The van der Waals surface area contributed by atoms with Gasteiger partial charge in [0.1, 0.15) is 5.60 Å². The van der Waals surface area contributed by atoms with Crippen LogP contribution in [0.3, 0.4) is 0 Å². The number of unbranched alkanes of at least 4 members (excludes halogenated alkanes) is 3. The summed E-state index contributed by atoms with van der Waals surface area (Å²) in [4.78, 5) is 0. The van der Waals surface area contributed by atoms with E-state index in [1.165, 1.54) is 12.8 Å². The Hall–Kier alpha value is -0.0400. The molecule has 0 saturated carbocycles. The maximum absolute atomic E-state index is 13.1. The van der Waals surface area contributed by atoms with Crippen LogP contribution in [0.15, 0.2) is 0 Å². The molecule has 1 nitrogen and oxygen atoms in total. The summed E-state index contributed by atoms with van der Waals surface area (Å²) in [5, 5.41) is 13.1. The second-order valence-electron chi connectivity index (χ2n) is 5.52. The van der Waals surface area contributed by atoms with E-state index in [0.29, 0.717) is 5.92 Å². The van der Waals surface area contributed by atoms with Gasteiger partial charge in [-0.2, -0.15) is 0 Å². The SMILES string of the molecule is CCCCC(CC)C([O])(CCCC)CCCC. The molecule has 17 heavy (non-hydrogen) atoms. The Morgan fingerprint density at radius 1 is 0.824 bits per heavy atom. The summed E-state index contributed by atoms with van der Waals surface area (Å²) in [5.74, 6) is 0.403. The molecule has 0 rings (SSSR count). The van der Waals surface area contributed by atoms with Gasteiger partial charge in [-0.3, -0.25) is 0 Å². The van der Waals surface area contributed by atoms with Crippen LogP contribution < -0.4 is 0 Å². The lowest BCUT2D eigenvalue weighted by Gasteiger charge is -2.34. The van der Waals surface area contributed by atoms with E-state index in [4.69, 9.17) is 0 Å². The van der Waals surface area contributed by atoms with Gasteiger partial charge in [-0.15, -0.1) is 0 Å². The third-order valence-electron chi connectivity index (χ3n) is 4.05. The molecule has 0 aliphatic heterocycles. The molecule has 0 bridgehead atoms. The van der Waals surface area contributed by atoms with Crippen molar-refractivity contribution in [3.8, 4) is 0 Å². The zero-order valence-corrected chi connectivity index (χ0v) is 12.6. The minimum absolute atomic E-state index is 0.403. The van der Waals surface area contributed by atoms with Crippen LogP contribution in [0.4, 0.5) is 0 Å². The standard InChI is InChI=1S/C16H33O/c1-5-9-12-15(8-4)16(17,13-10-6-2)14-11-7-3/h15H,5-14H2,1-4H3. The van der Waals surface area contributed by atoms with E-state index < -0.39 is 5.60 Å². The monoisotopic (exact) mass is 241 g/mol. The lowest BCUT2D eigenvalue weighted by atomic mass is 9.75. The van der Waals surface area contributed by atoms with Crippen LogP contribution >= 0.6 is 0 Å². The predicted octanol–water partition coefficient (Wildman–Crippen LogP) is 5.75. The van der Waals surface area contributed by atoms with Crippen LogP contribution in [-0.2, 0) is 5.11 Å². The largest absolute Gasteiger partial charge is 0.229 e. The van der Waals surface area contributed by atoms with Crippen molar-refractivity contribution in [2.75, 3.05) is 0 Å². The van der Waals surface area contributed by atoms with Crippen molar-refractivity contribution >= 4 is 0 Å². The summed E-state index contributed by atoms with van der Waals surface area (Å²) in [5.41, 5.74) is -0.629. The quantitative estimate of drug-likeness (QED) is 0.439. The van der Waals surface area contributed by atoms with Gasteiger partial charge in [-0.05, 0) is 25.2 Å². The Labute approximate surface area is 109 Å². The van der Waals surface area contributed by atoms with E-state index in [1.54, 1.807) is 0 Å². The summed E-state index contributed by atoms with van der Waals surface area (Å²) < 4.78 is 0. The van der Waals surface area contributed by atoms with Gasteiger partial charge < -0.3 is 0 Å². The lowest BCUT2D eigenvalue weighted by Crippen LogP contribution is -2.36. The first kappa shape index (κ1) is 17.0. The average molecular weight is 241 g/mol. The number of rotatable bonds is 11. The van der Waals surface area contributed by atoms with E-state index in [9.17, 15) is 5.11 Å². The molecule has 1 radical (unpaired) electrons. The molecular formula is C16H33O. The minimum Gasteiger partial charge on any atom is -0.229 e. The second kappa shape index (κ2) is 9.94. The Kier molecular flexibility index (Phi) is 9.91. The predicted molar refractivity (Wildman–Crippen MR) is 75.8 cm³/mol. The summed E-state index contributed by atoms with van der Waals surface area (Å²) in [7, 11) is 0. The maximum atomic E-state index is 13.1. The highest BCUT2D eigenvalue weighted by molar-refractivity contribution is 4.85.